The van der Waals surface area contributed by atoms with Gasteiger partial charge in [0.25, 0.3) is 0 Å². The molecule has 0 bridgehead atoms. The van der Waals surface area contributed by atoms with Crippen LogP contribution in [-0.4, -0.2) is 11.8 Å². The van der Waals surface area contributed by atoms with E-state index in [4.69, 9.17) is 5.73 Å². The van der Waals surface area contributed by atoms with E-state index in [1.54, 1.807) is 0 Å². The van der Waals surface area contributed by atoms with Crippen LogP contribution in [0.1, 0.15) is 52.7 Å². The molecular formula is C16H23NO. The predicted molar refractivity (Wildman–Crippen MR) is 74.9 cm³/mol. The minimum Gasteiger partial charge on any atom is -0.328 e. The molecule has 0 spiro atoms. The summed E-state index contributed by atoms with van der Waals surface area (Å²) < 4.78 is 0. The second kappa shape index (κ2) is 5.23. The summed E-state index contributed by atoms with van der Waals surface area (Å²) in [5, 5.41) is 0. The van der Waals surface area contributed by atoms with Gasteiger partial charge < -0.3 is 5.73 Å². The summed E-state index contributed by atoms with van der Waals surface area (Å²) in [6.07, 6.45) is 3.87. The van der Waals surface area contributed by atoms with Gasteiger partial charge in [-0.1, -0.05) is 12.1 Å². The molecule has 98 valence electrons. The number of aryl methyl sites for hydroxylation is 1. The zero-order valence-electron chi connectivity index (χ0n) is 11.6. The van der Waals surface area contributed by atoms with Gasteiger partial charge in [-0.25, -0.2) is 0 Å². The van der Waals surface area contributed by atoms with Gasteiger partial charge in [0, 0.05) is 17.5 Å². The quantitative estimate of drug-likeness (QED) is 0.812. The number of hydrogen-bond acceptors (Lipinski definition) is 2. The van der Waals surface area contributed by atoms with Crippen LogP contribution in [0.5, 0.6) is 0 Å². The van der Waals surface area contributed by atoms with Crippen LogP contribution in [0.2, 0.25) is 0 Å². The van der Waals surface area contributed by atoms with Crippen molar-refractivity contribution in [2.45, 2.75) is 52.5 Å². The number of nitrogens with two attached hydrogens (primary N) is 1. The number of ketones is 1. The van der Waals surface area contributed by atoms with E-state index >= 15 is 0 Å². The van der Waals surface area contributed by atoms with Gasteiger partial charge in [0.05, 0.1) is 0 Å². The van der Waals surface area contributed by atoms with Crippen LogP contribution in [0.4, 0.5) is 0 Å². The third kappa shape index (κ3) is 2.49. The lowest BCUT2D eigenvalue weighted by molar-refractivity contribution is 0.0884. The Labute approximate surface area is 110 Å². The second-order valence-corrected chi connectivity index (χ2v) is 5.66. The maximum Gasteiger partial charge on any atom is 0.166 e. The first-order valence-electron chi connectivity index (χ1n) is 6.87. The van der Waals surface area contributed by atoms with Gasteiger partial charge in [-0.15, -0.1) is 0 Å². The summed E-state index contributed by atoms with van der Waals surface area (Å²) in [5.74, 6) is 0.508. The molecule has 0 amide bonds. The zero-order valence-corrected chi connectivity index (χ0v) is 11.6. The second-order valence-electron chi connectivity index (χ2n) is 5.66. The highest BCUT2D eigenvalue weighted by Crippen LogP contribution is 2.28. The lowest BCUT2D eigenvalue weighted by Gasteiger charge is -2.25. The summed E-state index contributed by atoms with van der Waals surface area (Å²) in [6.45, 7) is 6.25. The van der Waals surface area contributed by atoms with Crippen molar-refractivity contribution < 1.29 is 4.79 Å². The summed E-state index contributed by atoms with van der Waals surface area (Å²) >= 11 is 0. The maximum atomic E-state index is 12.5. The largest absolute Gasteiger partial charge is 0.328 e. The van der Waals surface area contributed by atoms with Gasteiger partial charge in [0.15, 0.2) is 5.78 Å². The molecule has 0 unspecified atom stereocenters. The molecule has 0 radical (unpaired) electrons. The molecule has 0 aromatic heterocycles. The highest BCUT2D eigenvalue weighted by molar-refractivity contribution is 5.99. The smallest absolute Gasteiger partial charge is 0.166 e. The fourth-order valence-electron chi connectivity index (χ4n) is 2.82. The lowest BCUT2D eigenvalue weighted by atomic mass is 9.80. The Bertz CT molecular complexity index is 456. The molecule has 0 saturated heterocycles. The highest BCUT2D eigenvalue weighted by atomic mass is 16.1. The van der Waals surface area contributed by atoms with Crippen molar-refractivity contribution in [3.05, 3.63) is 34.4 Å². The number of rotatable bonds is 2. The third-order valence-corrected chi connectivity index (χ3v) is 4.47. The minimum atomic E-state index is 0.186. The summed E-state index contributed by atoms with van der Waals surface area (Å²) in [6, 6.07) is 4.36. The molecule has 2 nitrogen and oxygen atoms in total. The average molecular weight is 245 g/mol. The topological polar surface area (TPSA) is 43.1 Å². The van der Waals surface area contributed by atoms with E-state index in [2.05, 4.69) is 26.8 Å². The Balaban J connectivity index is 2.21. The molecular weight excluding hydrogens is 222 g/mol. The number of carbonyl (C=O) groups is 1. The van der Waals surface area contributed by atoms with Crippen molar-refractivity contribution in [2.24, 2.45) is 11.7 Å². The summed E-state index contributed by atoms with van der Waals surface area (Å²) in [5.41, 5.74) is 10.5. The molecule has 0 atom stereocenters. The van der Waals surface area contributed by atoms with Crippen molar-refractivity contribution >= 4 is 5.78 Å². The van der Waals surface area contributed by atoms with E-state index < -0.39 is 0 Å². The Morgan fingerprint density at radius 3 is 2.28 bits per heavy atom. The highest BCUT2D eigenvalue weighted by Gasteiger charge is 2.26. The van der Waals surface area contributed by atoms with E-state index in [9.17, 15) is 4.79 Å². The molecule has 2 N–H and O–H groups in total. The molecule has 2 rings (SSSR count). The number of benzene rings is 1. The van der Waals surface area contributed by atoms with E-state index in [0.717, 1.165) is 36.8 Å². The summed E-state index contributed by atoms with van der Waals surface area (Å²) in [4.78, 5) is 12.5. The third-order valence-electron chi connectivity index (χ3n) is 4.47. The molecule has 1 aliphatic rings. The van der Waals surface area contributed by atoms with Crippen molar-refractivity contribution in [3.63, 3.8) is 0 Å². The van der Waals surface area contributed by atoms with Gasteiger partial charge in [0.1, 0.15) is 0 Å². The lowest BCUT2D eigenvalue weighted by Crippen LogP contribution is -2.30. The monoisotopic (exact) mass is 245 g/mol. The van der Waals surface area contributed by atoms with Crippen LogP contribution in [-0.2, 0) is 0 Å². The van der Waals surface area contributed by atoms with Crippen LogP contribution in [0.25, 0.3) is 0 Å². The van der Waals surface area contributed by atoms with Gasteiger partial charge in [-0.2, -0.15) is 0 Å². The molecule has 1 aromatic rings. The fraction of sp³-hybridized carbons (Fsp3) is 0.562. The van der Waals surface area contributed by atoms with Crippen molar-refractivity contribution in [1.82, 2.24) is 0 Å². The van der Waals surface area contributed by atoms with Gasteiger partial charge in [-0.3, -0.25) is 4.79 Å². The Morgan fingerprint density at radius 2 is 1.67 bits per heavy atom. The molecule has 0 heterocycles. The molecule has 1 aliphatic carbocycles. The van der Waals surface area contributed by atoms with Gasteiger partial charge >= 0.3 is 0 Å². The van der Waals surface area contributed by atoms with E-state index in [0.29, 0.717) is 11.8 Å². The first kappa shape index (κ1) is 13.3. The Hall–Kier alpha value is -1.15. The van der Waals surface area contributed by atoms with Crippen LogP contribution < -0.4 is 5.73 Å². The van der Waals surface area contributed by atoms with E-state index in [1.807, 2.05) is 6.07 Å². The number of hydrogen-bond donors (Lipinski definition) is 1. The van der Waals surface area contributed by atoms with Crippen LogP contribution in [0, 0.1) is 26.7 Å². The molecule has 1 saturated carbocycles. The molecule has 0 aliphatic heterocycles. The first-order valence-corrected chi connectivity index (χ1v) is 6.87. The molecule has 1 aromatic carbocycles. The fourth-order valence-corrected chi connectivity index (χ4v) is 2.82. The number of carbonyl (C=O) groups excluding carboxylic acids is 1. The maximum absolute atomic E-state index is 12.5. The van der Waals surface area contributed by atoms with Gasteiger partial charge in [-0.05, 0) is 63.1 Å². The minimum absolute atomic E-state index is 0.186. The Kier molecular flexibility index (Phi) is 3.86. The summed E-state index contributed by atoms with van der Waals surface area (Å²) in [7, 11) is 0. The van der Waals surface area contributed by atoms with E-state index in [-0.39, 0.29) is 5.92 Å². The van der Waals surface area contributed by atoms with E-state index in [1.165, 1.54) is 11.1 Å². The van der Waals surface area contributed by atoms with Crippen LogP contribution in [0.15, 0.2) is 12.1 Å². The molecule has 1 fully saturated rings. The predicted octanol–water partition coefficient (Wildman–Crippen LogP) is 3.31. The van der Waals surface area contributed by atoms with Crippen molar-refractivity contribution in [2.75, 3.05) is 0 Å². The van der Waals surface area contributed by atoms with Crippen LogP contribution >= 0.6 is 0 Å². The standard InChI is InChI=1S/C16H23NO/c1-10-4-9-15(12(3)11(10)2)16(18)13-5-7-14(17)8-6-13/h4,9,13-14H,5-8,17H2,1-3H3. The normalized spacial score (nSPS) is 24.0. The average Bonchev–Trinajstić information content (AvgIpc) is 2.36. The number of Topliss-reactive ketones (excluding diaryl/α,β-unsaturated/α-hetero) is 1. The van der Waals surface area contributed by atoms with Crippen LogP contribution in [0.3, 0.4) is 0 Å². The SMILES string of the molecule is Cc1ccc(C(=O)C2CCC(N)CC2)c(C)c1C. The van der Waals surface area contributed by atoms with Crippen molar-refractivity contribution in [1.29, 1.82) is 0 Å². The molecule has 2 heteroatoms. The molecule has 18 heavy (non-hydrogen) atoms. The Morgan fingerprint density at radius 1 is 1.06 bits per heavy atom. The van der Waals surface area contributed by atoms with Crippen molar-refractivity contribution in [3.8, 4) is 0 Å². The zero-order chi connectivity index (χ0) is 13.3. The van der Waals surface area contributed by atoms with Gasteiger partial charge in [0.2, 0.25) is 0 Å². The first-order chi connectivity index (χ1) is 8.50.